The Morgan fingerprint density at radius 1 is 1.23 bits per heavy atom. The molecule has 5 rings (SSSR count). The van der Waals surface area contributed by atoms with Crippen molar-refractivity contribution in [3.05, 3.63) is 53.1 Å². The molecule has 1 fully saturated rings. The van der Waals surface area contributed by atoms with E-state index < -0.39 is 0 Å². The first kappa shape index (κ1) is 16.0. The van der Waals surface area contributed by atoms with Crippen molar-refractivity contribution in [2.75, 3.05) is 43.5 Å². The molecule has 4 heteroatoms. The van der Waals surface area contributed by atoms with Crippen LogP contribution in [-0.2, 0) is 13.0 Å². The number of anilines is 2. The van der Waals surface area contributed by atoms with Crippen LogP contribution in [0.25, 0.3) is 0 Å². The summed E-state index contributed by atoms with van der Waals surface area (Å²) in [6.07, 6.45) is 2.47. The number of hydrogen-bond acceptors (Lipinski definition) is 4. The van der Waals surface area contributed by atoms with Gasteiger partial charge in [-0.25, -0.2) is 0 Å². The predicted molar refractivity (Wildman–Crippen MR) is 106 cm³/mol. The lowest BCUT2D eigenvalue weighted by Gasteiger charge is -2.42. The summed E-state index contributed by atoms with van der Waals surface area (Å²) >= 11 is 0. The van der Waals surface area contributed by atoms with E-state index in [4.69, 9.17) is 4.74 Å². The molecular formula is C22H27N3O. The molecule has 3 heterocycles. The Hall–Kier alpha value is -2.20. The molecule has 2 atom stereocenters. The third kappa shape index (κ3) is 2.64. The van der Waals surface area contributed by atoms with Crippen molar-refractivity contribution in [1.29, 1.82) is 0 Å². The minimum absolute atomic E-state index is 0.672. The van der Waals surface area contributed by atoms with Gasteiger partial charge in [-0.15, -0.1) is 0 Å². The van der Waals surface area contributed by atoms with Gasteiger partial charge < -0.3 is 20.3 Å². The number of rotatable bonds is 4. The normalized spacial score (nSPS) is 23.3. The summed E-state index contributed by atoms with van der Waals surface area (Å²) in [6, 6.07) is 13.0. The fraction of sp³-hybridized carbons (Fsp3) is 0.455. The van der Waals surface area contributed by atoms with Crippen LogP contribution in [0.4, 0.5) is 11.4 Å². The lowest BCUT2D eigenvalue weighted by atomic mass is 9.80. The van der Waals surface area contributed by atoms with Gasteiger partial charge in [-0.1, -0.05) is 18.2 Å². The van der Waals surface area contributed by atoms with Gasteiger partial charge in [0.25, 0.3) is 0 Å². The van der Waals surface area contributed by atoms with Gasteiger partial charge in [-0.05, 0) is 48.1 Å². The molecule has 2 N–H and O–H groups in total. The Kier molecular flexibility index (Phi) is 4.01. The maximum atomic E-state index is 5.49. The minimum Gasteiger partial charge on any atom is -0.496 e. The first-order chi connectivity index (χ1) is 12.8. The molecule has 0 aliphatic carbocycles. The Morgan fingerprint density at radius 3 is 3.08 bits per heavy atom. The summed E-state index contributed by atoms with van der Waals surface area (Å²) in [6.45, 7) is 5.52. The number of nitrogens with one attached hydrogen (secondary N) is 2. The highest BCUT2D eigenvalue weighted by molar-refractivity contribution is 5.70. The number of methoxy groups -OCH3 is 1. The van der Waals surface area contributed by atoms with Crippen molar-refractivity contribution >= 4 is 11.4 Å². The van der Waals surface area contributed by atoms with Gasteiger partial charge in [-0.3, -0.25) is 0 Å². The number of fused-ring (bicyclic) bond motifs is 2. The highest BCUT2D eigenvalue weighted by Crippen LogP contribution is 2.45. The van der Waals surface area contributed by atoms with Crippen LogP contribution in [0.3, 0.4) is 0 Å². The van der Waals surface area contributed by atoms with Crippen LogP contribution in [0, 0.1) is 5.92 Å². The second-order valence-corrected chi connectivity index (χ2v) is 7.81. The molecular weight excluding hydrogens is 322 g/mol. The quantitative estimate of drug-likeness (QED) is 0.887. The number of aryl methyl sites for hydroxylation is 1. The molecule has 0 radical (unpaired) electrons. The lowest BCUT2D eigenvalue weighted by Crippen LogP contribution is -2.41. The molecule has 2 aromatic carbocycles. The average molecular weight is 349 g/mol. The predicted octanol–water partition coefficient (Wildman–Crippen LogP) is 3.38. The van der Waals surface area contributed by atoms with Gasteiger partial charge in [0.15, 0.2) is 0 Å². The molecule has 26 heavy (non-hydrogen) atoms. The Morgan fingerprint density at radius 2 is 2.15 bits per heavy atom. The smallest absolute Gasteiger partial charge is 0.123 e. The summed E-state index contributed by atoms with van der Waals surface area (Å²) in [7, 11) is 1.74. The zero-order valence-corrected chi connectivity index (χ0v) is 15.4. The molecule has 4 nitrogen and oxygen atoms in total. The van der Waals surface area contributed by atoms with E-state index >= 15 is 0 Å². The molecule has 0 amide bonds. The van der Waals surface area contributed by atoms with E-state index in [9.17, 15) is 0 Å². The van der Waals surface area contributed by atoms with E-state index in [2.05, 4.69) is 39.8 Å². The topological polar surface area (TPSA) is 36.5 Å². The number of nitrogens with zero attached hydrogens (tertiary/aromatic N) is 1. The molecule has 3 aliphatic rings. The molecule has 0 spiro atoms. The van der Waals surface area contributed by atoms with Crippen LogP contribution >= 0.6 is 0 Å². The van der Waals surface area contributed by atoms with Crippen molar-refractivity contribution in [3.63, 3.8) is 0 Å². The standard InChI is InChI=1S/C22H27N3O/c1-26-21-7-3-2-5-16(21)12-24-18-9-15-6-4-8-25-14-17-11-23-13-20(17)19(10-18)22(15)25/h2-3,5,7,9-10,17,20,23-24H,4,6,8,11-14H2,1H3. The van der Waals surface area contributed by atoms with Crippen molar-refractivity contribution in [3.8, 4) is 5.75 Å². The van der Waals surface area contributed by atoms with Gasteiger partial charge in [0, 0.05) is 55.6 Å². The maximum absolute atomic E-state index is 5.49. The van der Waals surface area contributed by atoms with E-state index in [1.165, 1.54) is 42.7 Å². The molecule has 0 saturated carbocycles. The molecule has 0 aromatic heterocycles. The average Bonchev–Trinajstić information content (AvgIpc) is 3.15. The highest BCUT2D eigenvalue weighted by Gasteiger charge is 2.38. The van der Waals surface area contributed by atoms with Crippen molar-refractivity contribution in [1.82, 2.24) is 5.32 Å². The third-order valence-electron chi connectivity index (χ3n) is 6.28. The number of hydrogen-bond donors (Lipinski definition) is 2. The number of ether oxygens (including phenoxy) is 1. The Balaban J connectivity index is 1.46. The largest absolute Gasteiger partial charge is 0.496 e. The third-order valence-corrected chi connectivity index (χ3v) is 6.28. The fourth-order valence-corrected chi connectivity index (χ4v) is 5.05. The van der Waals surface area contributed by atoms with Crippen molar-refractivity contribution in [2.45, 2.75) is 25.3 Å². The molecule has 136 valence electrons. The van der Waals surface area contributed by atoms with Crippen LogP contribution in [0.1, 0.15) is 29.0 Å². The number of benzene rings is 2. The van der Waals surface area contributed by atoms with Gasteiger partial charge >= 0.3 is 0 Å². The van der Waals surface area contributed by atoms with Gasteiger partial charge in [0.1, 0.15) is 5.75 Å². The van der Waals surface area contributed by atoms with Crippen LogP contribution in [0.15, 0.2) is 36.4 Å². The zero-order valence-electron chi connectivity index (χ0n) is 15.4. The summed E-state index contributed by atoms with van der Waals surface area (Å²) in [5, 5.41) is 7.28. The van der Waals surface area contributed by atoms with Gasteiger partial charge in [0.2, 0.25) is 0 Å². The first-order valence-electron chi connectivity index (χ1n) is 9.82. The van der Waals surface area contributed by atoms with Crippen LogP contribution < -0.4 is 20.3 Å². The van der Waals surface area contributed by atoms with E-state index in [0.717, 1.165) is 31.3 Å². The summed E-state index contributed by atoms with van der Waals surface area (Å²) < 4.78 is 5.49. The van der Waals surface area contributed by atoms with Crippen LogP contribution in [0.5, 0.6) is 5.75 Å². The van der Waals surface area contributed by atoms with E-state index in [0.29, 0.717) is 5.92 Å². The highest BCUT2D eigenvalue weighted by atomic mass is 16.5. The van der Waals surface area contributed by atoms with E-state index in [1.807, 2.05) is 12.1 Å². The second kappa shape index (κ2) is 6.51. The van der Waals surface area contributed by atoms with Crippen molar-refractivity contribution < 1.29 is 4.74 Å². The first-order valence-corrected chi connectivity index (χ1v) is 9.82. The number of para-hydroxylation sites is 1. The van der Waals surface area contributed by atoms with Crippen LogP contribution in [-0.4, -0.2) is 33.3 Å². The summed E-state index contributed by atoms with van der Waals surface area (Å²) in [5.74, 6) is 2.38. The molecule has 0 bridgehead atoms. The molecule has 1 saturated heterocycles. The molecule has 2 unspecified atom stereocenters. The van der Waals surface area contributed by atoms with Gasteiger partial charge in [0.05, 0.1) is 7.11 Å². The minimum atomic E-state index is 0.672. The monoisotopic (exact) mass is 349 g/mol. The fourth-order valence-electron chi connectivity index (χ4n) is 5.05. The van der Waals surface area contributed by atoms with Crippen molar-refractivity contribution in [2.24, 2.45) is 5.92 Å². The SMILES string of the molecule is COc1ccccc1CNc1cc2c3c(c1)C1CNCC1CN3CCC2. The van der Waals surface area contributed by atoms with E-state index in [-0.39, 0.29) is 0 Å². The Labute approximate surface area is 155 Å². The maximum Gasteiger partial charge on any atom is 0.123 e. The zero-order chi connectivity index (χ0) is 17.5. The molecule has 3 aliphatic heterocycles. The van der Waals surface area contributed by atoms with Crippen LogP contribution in [0.2, 0.25) is 0 Å². The summed E-state index contributed by atoms with van der Waals surface area (Å²) in [5.41, 5.74) is 7.08. The second-order valence-electron chi connectivity index (χ2n) is 7.81. The Bertz CT molecular complexity index is 819. The molecule has 2 aromatic rings. The van der Waals surface area contributed by atoms with Gasteiger partial charge in [-0.2, -0.15) is 0 Å². The van der Waals surface area contributed by atoms with E-state index in [1.54, 1.807) is 18.4 Å². The lowest BCUT2D eigenvalue weighted by molar-refractivity contribution is 0.410. The summed E-state index contributed by atoms with van der Waals surface area (Å²) in [4.78, 5) is 2.65.